The smallest absolute Gasteiger partial charge is 0.311 e. The molecule has 1 aliphatic heterocycles. The number of hydrogen-bond acceptors (Lipinski definition) is 5. The Bertz CT molecular complexity index is 505. The van der Waals surface area contributed by atoms with Gasteiger partial charge in [0.1, 0.15) is 5.82 Å². The lowest BCUT2D eigenvalue weighted by atomic mass is 9.85. The third-order valence-corrected chi connectivity index (χ3v) is 4.39. The van der Waals surface area contributed by atoms with Gasteiger partial charge < -0.3 is 10.6 Å². The van der Waals surface area contributed by atoms with E-state index in [2.05, 4.69) is 9.88 Å². The van der Waals surface area contributed by atoms with Crippen LogP contribution >= 0.6 is 0 Å². The Morgan fingerprint density at radius 2 is 2.11 bits per heavy atom. The molecule has 6 heteroatoms. The SMILES string of the molecule is Nc1nc(N2CCC3CCCCC32)ccc1[N+](=O)[O-]. The molecule has 0 bridgehead atoms. The molecule has 2 aliphatic rings. The molecule has 0 amide bonds. The Kier molecular flexibility index (Phi) is 3.00. The quantitative estimate of drug-likeness (QED) is 0.653. The highest BCUT2D eigenvalue weighted by Gasteiger charge is 2.36. The Morgan fingerprint density at radius 3 is 2.84 bits per heavy atom. The van der Waals surface area contributed by atoms with Gasteiger partial charge in [-0.3, -0.25) is 10.1 Å². The van der Waals surface area contributed by atoms with Crippen LogP contribution in [-0.4, -0.2) is 22.5 Å². The van der Waals surface area contributed by atoms with Crippen LogP contribution in [-0.2, 0) is 0 Å². The molecule has 1 saturated heterocycles. The van der Waals surface area contributed by atoms with Gasteiger partial charge in [0.25, 0.3) is 0 Å². The number of hydrogen-bond donors (Lipinski definition) is 1. The van der Waals surface area contributed by atoms with Crippen LogP contribution in [0.4, 0.5) is 17.3 Å². The van der Waals surface area contributed by atoms with E-state index in [1.165, 1.54) is 38.2 Å². The molecule has 102 valence electrons. The molecule has 1 saturated carbocycles. The number of rotatable bonds is 2. The Morgan fingerprint density at radius 1 is 1.32 bits per heavy atom. The zero-order valence-corrected chi connectivity index (χ0v) is 10.8. The third kappa shape index (κ3) is 2.11. The van der Waals surface area contributed by atoms with Gasteiger partial charge in [0.15, 0.2) is 0 Å². The van der Waals surface area contributed by atoms with Gasteiger partial charge in [0, 0.05) is 18.7 Å². The highest BCUT2D eigenvalue weighted by molar-refractivity contribution is 5.58. The number of nitrogens with two attached hydrogens (primary N) is 1. The predicted molar refractivity (Wildman–Crippen MR) is 73.0 cm³/mol. The molecule has 1 aromatic rings. The molecule has 0 aromatic carbocycles. The Labute approximate surface area is 111 Å². The molecule has 3 rings (SSSR count). The number of nitrogen functional groups attached to an aromatic ring is 1. The molecule has 2 heterocycles. The van der Waals surface area contributed by atoms with E-state index < -0.39 is 4.92 Å². The first kappa shape index (κ1) is 12.2. The van der Waals surface area contributed by atoms with Gasteiger partial charge >= 0.3 is 5.69 Å². The Hall–Kier alpha value is -1.85. The third-order valence-electron chi connectivity index (χ3n) is 4.39. The van der Waals surface area contributed by atoms with Crippen molar-refractivity contribution in [2.24, 2.45) is 5.92 Å². The van der Waals surface area contributed by atoms with E-state index in [1.54, 1.807) is 6.07 Å². The van der Waals surface area contributed by atoms with E-state index >= 15 is 0 Å². The van der Waals surface area contributed by atoms with Gasteiger partial charge in [-0.25, -0.2) is 4.98 Å². The normalized spacial score (nSPS) is 26.2. The molecular formula is C13H18N4O2. The first-order chi connectivity index (χ1) is 9.16. The number of aromatic nitrogens is 1. The maximum absolute atomic E-state index is 10.8. The van der Waals surface area contributed by atoms with Crippen molar-refractivity contribution in [3.63, 3.8) is 0 Å². The summed E-state index contributed by atoms with van der Waals surface area (Å²) in [5.41, 5.74) is 5.57. The minimum absolute atomic E-state index is 0.0155. The van der Waals surface area contributed by atoms with Gasteiger partial charge in [0.2, 0.25) is 5.82 Å². The number of nitro groups is 1. The summed E-state index contributed by atoms with van der Waals surface area (Å²) in [5, 5.41) is 10.8. The largest absolute Gasteiger partial charge is 0.378 e. The van der Waals surface area contributed by atoms with Gasteiger partial charge in [-0.2, -0.15) is 0 Å². The lowest BCUT2D eigenvalue weighted by molar-refractivity contribution is -0.384. The van der Waals surface area contributed by atoms with E-state index in [4.69, 9.17) is 5.73 Å². The van der Waals surface area contributed by atoms with Crippen molar-refractivity contribution in [3.05, 3.63) is 22.2 Å². The average Bonchev–Trinajstić information content (AvgIpc) is 2.82. The lowest BCUT2D eigenvalue weighted by Gasteiger charge is -2.32. The summed E-state index contributed by atoms with van der Waals surface area (Å²) < 4.78 is 0. The molecule has 2 N–H and O–H groups in total. The fourth-order valence-electron chi connectivity index (χ4n) is 3.46. The minimum atomic E-state index is -0.487. The van der Waals surface area contributed by atoms with Crippen LogP contribution in [0.25, 0.3) is 0 Å². The summed E-state index contributed by atoms with van der Waals surface area (Å²) in [6.07, 6.45) is 6.28. The molecule has 1 aromatic heterocycles. The summed E-state index contributed by atoms with van der Waals surface area (Å²) in [6.45, 7) is 0.986. The predicted octanol–water partition coefficient (Wildman–Crippen LogP) is 2.34. The molecule has 0 radical (unpaired) electrons. The van der Waals surface area contributed by atoms with Crippen molar-refractivity contribution in [1.82, 2.24) is 4.98 Å². The first-order valence-corrected chi connectivity index (χ1v) is 6.84. The maximum atomic E-state index is 10.8. The molecule has 19 heavy (non-hydrogen) atoms. The minimum Gasteiger partial charge on any atom is -0.378 e. The van der Waals surface area contributed by atoms with Crippen molar-refractivity contribution in [1.29, 1.82) is 0 Å². The molecule has 6 nitrogen and oxygen atoms in total. The second kappa shape index (κ2) is 4.68. The van der Waals surface area contributed by atoms with Crippen LogP contribution in [0.1, 0.15) is 32.1 Å². The summed E-state index contributed by atoms with van der Waals surface area (Å²) in [4.78, 5) is 16.8. The molecule has 0 spiro atoms. The molecule has 2 unspecified atom stereocenters. The van der Waals surface area contributed by atoms with Crippen molar-refractivity contribution in [2.45, 2.75) is 38.1 Å². The lowest BCUT2D eigenvalue weighted by Crippen LogP contribution is -2.35. The van der Waals surface area contributed by atoms with E-state index in [1.807, 2.05) is 0 Å². The fourth-order valence-corrected chi connectivity index (χ4v) is 3.46. The average molecular weight is 262 g/mol. The molecule has 2 fully saturated rings. The summed E-state index contributed by atoms with van der Waals surface area (Å²) in [6, 6.07) is 3.74. The van der Waals surface area contributed by atoms with E-state index in [0.29, 0.717) is 6.04 Å². The van der Waals surface area contributed by atoms with Crippen molar-refractivity contribution in [2.75, 3.05) is 17.2 Å². The van der Waals surface area contributed by atoms with Gasteiger partial charge in [-0.1, -0.05) is 12.8 Å². The summed E-state index contributed by atoms with van der Waals surface area (Å²) in [5.74, 6) is 1.56. The first-order valence-electron chi connectivity index (χ1n) is 6.84. The van der Waals surface area contributed by atoms with Crippen molar-refractivity contribution < 1.29 is 4.92 Å². The number of fused-ring (bicyclic) bond motifs is 1. The molecule has 2 atom stereocenters. The number of pyridine rings is 1. The highest BCUT2D eigenvalue weighted by atomic mass is 16.6. The Balaban J connectivity index is 1.86. The van der Waals surface area contributed by atoms with Crippen LogP contribution in [0, 0.1) is 16.0 Å². The van der Waals surface area contributed by atoms with Gasteiger partial charge in [-0.05, 0) is 31.2 Å². The maximum Gasteiger partial charge on any atom is 0.311 e. The summed E-state index contributed by atoms with van der Waals surface area (Å²) in [7, 11) is 0. The standard InChI is InChI=1S/C13H18N4O2/c14-13-11(17(18)19)5-6-12(15-13)16-8-7-9-3-1-2-4-10(9)16/h5-6,9-10H,1-4,7-8H2,(H2,14,15). The highest BCUT2D eigenvalue weighted by Crippen LogP contribution is 2.38. The topological polar surface area (TPSA) is 85.3 Å². The monoisotopic (exact) mass is 262 g/mol. The zero-order chi connectivity index (χ0) is 13.4. The number of nitrogens with zero attached hydrogens (tertiary/aromatic N) is 3. The van der Waals surface area contributed by atoms with E-state index in [9.17, 15) is 10.1 Å². The second-order valence-electron chi connectivity index (χ2n) is 5.42. The number of anilines is 2. The summed E-state index contributed by atoms with van der Waals surface area (Å²) >= 11 is 0. The van der Waals surface area contributed by atoms with Crippen molar-refractivity contribution in [3.8, 4) is 0 Å². The van der Waals surface area contributed by atoms with E-state index in [-0.39, 0.29) is 11.5 Å². The van der Waals surface area contributed by atoms with Gasteiger partial charge in [-0.15, -0.1) is 0 Å². The van der Waals surface area contributed by atoms with Crippen LogP contribution in [0.15, 0.2) is 12.1 Å². The fraction of sp³-hybridized carbons (Fsp3) is 0.615. The molecule has 1 aliphatic carbocycles. The van der Waals surface area contributed by atoms with Gasteiger partial charge in [0.05, 0.1) is 4.92 Å². The van der Waals surface area contributed by atoms with Crippen LogP contribution in [0.5, 0.6) is 0 Å². The van der Waals surface area contributed by atoms with Crippen LogP contribution in [0.2, 0.25) is 0 Å². The second-order valence-corrected chi connectivity index (χ2v) is 5.42. The zero-order valence-electron chi connectivity index (χ0n) is 10.8. The van der Waals surface area contributed by atoms with Crippen LogP contribution in [0.3, 0.4) is 0 Å². The van der Waals surface area contributed by atoms with Crippen molar-refractivity contribution >= 4 is 17.3 Å². The van der Waals surface area contributed by atoms with Crippen LogP contribution < -0.4 is 10.6 Å². The molecular weight excluding hydrogens is 244 g/mol. The van der Waals surface area contributed by atoms with E-state index in [0.717, 1.165) is 18.3 Å².